The number of para-hydroxylation sites is 2. The standard InChI is InChI=1S/C14H15N3O3S/c1-10(18)16(2)13-6-4-3-5-12(13)15-8-11-7-14(17(19)20)21-9-11/h3-7,9,15H,8H2,1-2H3. The SMILES string of the molecule is CC(=O)N(C)c1ccccc1NCc1csc([N+](=O)[O-])c1. The van der Waals surface area contributed by atoms with E-state index in [9.17, 15) is 14.9 Å². The zero-order valence-electron chi connectivity index (χ0n) is 11.7. The Kier molecular flexibility index (Phi) is 4.54. The van der Waals surface area contributed by atoms with E-state index in [1.54, 1.807) is 23.4 Å². The van der Waals surface area contributed by atoms with Gasteiger partial charge in [-0.3, -0.25) is 14.9 Å². The zero-order valence-corrected chi connectivity index (χ0v) is 12.5. The van der Waals surface area contributed by atoms with Crippen LogP contribution in [0, 0.1) is 10.1 Å². The molecule has 110 valence electrons. The van der Waals surface area contributed by atoms with E-state index in [4.69, 9.17) is 0 Å². The number of carbonyl (C=O) groups is 1. The first-order valence-corrected chi connectivity index (χ1v) is 7.16. The minimum absolute atomic E-state index is 0.0598. The number of carbonyl (C=O) groups excluding carboxylic acids is 1. The van der Waals surface area contributed by atoms with Crippen molar-refractivity contribution in [2.24, 2.45) is 0 Å². The molecule has 0 unspecified atom stereocenters. The van der Waals surface area contributed by atoms with Gasteiger partial charge in [0.2, 0.25) is 5.91 Å². The molecule has 1 aromatic carbocycles. The summed E-state index contributed by atoms with van der Waals surface area (Å²) in [5, 5.41) is 15.7. The molecule has 0 aliphatic heterocycles. The lowest BCUT2D eigenvalue weighted by atomic mass is 10.2. The Bertz CT molecular complexity index is 669. The number of nitrogens with zero attached hydrogens (tertiary/aromatic N) is 2. The summed E-state index contributed by atoms with van der Waals surface area (Å²) >= 11 is 1.10. The number of rotatable bonds is 5. The summed E-state index contributed by atoms with van der Waals surface area (Å²) in [4.78, 5) is 23.3. The van der Waals surface area contributed by atoms with Crippen LogP contribution in [0.5, 0.6) is 0 Å². The van der Waals surface area contributed by atoms with Gasteiger partial charge in [0.25, 0.3) is 0 Å². The molecular weight excluding hydrogens is 290 g/mol. The molecule has 1 heterocycles. The fraction of sp³-hybridized carbons (Fsp3) is 0.214. The van der Waals surface area contributed by atoms with Crippen molar-refractivity contribution in [2.45, 2.75) is 13.5 Å². The summed E-state index contributed by atoms with van der Waals surface area (Å²) in [6, 6.07) is 9.00. The number of thiophene rings is 1. The van der Waals surface area contributed by atoms with E-state index < -0.39 is 4.92 Å². The summed E-state index contributed by atoms with van der Waals surface area (Å²) in [5.41, 5.74) is 2.42. The number of hydrogen-bond donors (Lipinski definition) is 1. The molecule has 0 fully saturated rings. The van der Waals surface area contributed by atoms with Gasteiger partial charge in [-0.1, -0.05) is 23.5 Å². The molecule has 6 nitrogen and oxygen atoms in total. The lowest BCUT2D eigenvalue weighted by Crippen LogP contribution is -2.23. The second-order valence-electron chi connectivity index (χ2n) is 4.50. The van der Waals surface area contributed by atoms with Gasteiger partial charge < -0.3 is 10.2 Å². The number of benzene rings is 1. The van der Waals surface area contributed by atoms with Crippen molar-refractivity contribution in [3.63, 3.8) is 0 Å². The smallest absolute Gasteiger partial charge is 0.324 e. The van der Waals surface area contributed by atoms with Gasteiger partial charge in [0.05, 0.1) is 16.3 Å². The highest BCUT2D eigenvalue weighted by Gasteiger charge is 2.12. The van der Waals surface area contributed by atoms with E-state index in [0.29, 0.717) is 6.54 Å². The monoisotopic (exact) mass is 305 g/mol. The Morgan fingerprint density at radius 3 is 2.76 bits per heavy atom. The molecule has 21 heavy (non-hydrogen) atoms. The van der Waals surface area contributed by atoms with Crippen molar-refractivity contribution in [1.82, 2.24) is 0 Å². The lowest BCUT2D eigenvalue weighted by Gasteiger charge is -2.19. The topological polar surface area (TPSA) is 75.5 Å². The van der Waals surface area contributed by atoms with E-state index in [1.165, 1.54) is 6.92 Å². The molecule has 0 saturated carbocycles. The first kappa shape index (κ1) is 15.0. The lowest BCUT2D eigenvalue weighted by molar-refractivity contribution is -0.380. The minimum atomic E-state index is -0.397. The number of hydrogen-bond acceptors (Lipinski definition) is 5. The Hall–Kier alpha value is -2.41. The fourth-order valence-corrected chi connectivity index (χ4v) is 2.56. The van der Waals surface area contributed by atoms with Gasteiger partial charge in [-0.2, -0.15) is 0 Å². The van der Waals surface area contributed by atoms with Crippen molar-refractivity contribution in [2.75, 3.05) is 17.3 Å². The molecular formula is C14H15N3O3S. The molecule has 1 amide bonds. The van der Waals surface area contributed by atoms with Crippen LogP contribution in [0.15, 0.2) is 35.7 Å². The normalized spacial score (nSPS) is 10.2. The van der Waals surface area contributed by atoms with Crippen LogP contribution in [0.3, 0.4) is 0 Å². The first-order valence-electron chi connectivity index (χ1n) is 6.28. The van der Waals surface area contributed by atoms with Gasteiger partial charge in [-0.15, -0.1) is 0 Å². The summed E-state index contributed by atoms with van der Waals surface area (Å²) in [7, 11) is 1.71. The van der Waals surface area contributed by atoms with Gasteiger partial charge in [0.1, 0.15) is 0 Å². The number of amides is 1. The average molecular weight is 305 g/mol. The molecule has 2 aromatic rings. The molecule has 0 spiro atoms. The maximum absolute atomic E-state index is 11.5. The van der Waals surface area contributed by atoms with Crippen LogP contribution in [-0.4, -0.2) is 17.9 Å². The molecule has 7 heteroatoms. The van der Waals surface area contributed by atoms with Crippen LogP contribution in [0.25, 0.3) is 0 Å². The summed E-state index contributed by atoms with van der Waals surface area (Å²) in [5.74, 6) is -0.0598. The molecule has 1 aromatic heterocycles. The van der Waals surface area contributed by atoms with Gasteiger partial charge in [0, 0.05) is 32.0 Å². The molecule has 0 bridgehead atoms. The summed E-state index contributed by atoms with van der Waals surface area (Å²) < 4.78 is 0. The third-order valence-electron chi connectivity index (χ3n) is 3.04. The van der Waals surface area contributed by atoms with Crippen molar-refractivity contribution in [3.05, 3.63) is 51.4 Å². The second kappa shape index (κ2) is 6.36. The average Bonchev–Trinajstić information content (AvgIpc) is 2.93. The summed E-state index contributed by atoms with van der Waals surface area (Å²) in [6.45, 7) is 1.96. The van der Waals surface area contributed by atoms with Gasteiger partial charge in [-0.25, -0.2) is 0 Å². The highest BCUT2D eigenvalue weighted by molar-refractivity contribution is 7.13. The van der Waals surface area contributed by atoms with E-state index >= 15 is 0 Å². The van der Waals surface area contributed by atoms with Gasteiger partial charge in [-0.05, 0) is 17.7 Å². The van der Waals surface area contributed by atoms with E-state index in [-0.39, 0.29) is 10.9 Å². The molecule has 0 aliphatic carbocycles. The van der Waals surface area contributed by atoms with Crippen molar-refractivity contribution in [1.29, 1.82) is 0 Å². The van der Waals surface area contributed by atoms with Crippen LogP contribution < -0.4 is 10.2 Å². The maximum atomic E-state index is 11.5. The maximum Gasteiger partial charge on any atom is 0.324 e. The van der Waals surface area contributed by atoms with Gasteiger partial charge >= 0.3 is 5.00 Å². The predicted molar refractivity (Wildman–Crippen MR) is 83.8 cm³/mol. The van der Waals surface area contributed by atoms with Crippen molar-refractivity contribution < 1.29 is 9.72 Å². The van der Waals surface area contributed by atoms with Crippen LogP contribution in [0.2, 0.25) is 0 Å². The molecule has 0 aliphatic rings. The van der Waals surface area contributed by atoms with E-state index in [1.807, 2.05) is 24.3 Å². The largest absolute Gasteiger partial charge is 0.379 e. The highest BCUT2D eigenvalue weighted by atomic mass is 32.1. The fourth-order valence-electron chi connectivity index (χ4n) is 1.83. The number of nitro groups is 1. The Morgan fingerprint density at radius 1 is 1.43 bits per heavy atom. The number of anilines is 2. The van der Waals surface area contributed by atoms with Crippen molar-refractivity contribution >= 4 is 33.6 Å². The second-order valence-corrected chi connectivity index (χ2v) is 5.39. The van der Waals surface area contributed by atoms with Crippen LogP contribution in [0.4, 0.5) is 16.4 Å². The first-order chi connectivity index (χ1) is 9.99. The third kappa shape index (κ3) is 3.57. The van der Waals surface area contributed by atoms with Crippen molar-refractivity contribution in [3.8, 4) is 0 Å². The molecule has 0 atom stereocenters. The molecule has 2 rings (SSSR count). The van der Waals surface area contributed by atoms with Crippen LogP contribution >= 0.6 is 11.3 Å². The quantitative estimate of drug-likeness (QED) is 0.679. The molecule has 0 radical (unpaired) electrons. The van der Waals surface area contributed by atoms with Gasteiger partial charge in [0.15, 0.2) is 0 Å². The van der Waals surface area contributed by atoms with E-state index in [0.717, 1.165) is 28.3 Å². The summed E-state index contributed by atoms with van der Waals surface area (Å²) in [6.07, 6.45) is 0. The molecule has 0 saturated heterocycles. The number of nitrogens with one attached hydrogen (secondary N) is 1. The Balaban J connectivity index is 2.12. The Labute approximate surface area is 126 Å². The van der Waals surface area contributed by atoms with E-state index in [2.05, 4.69) is 5.32 Å². The van der Waals surface area contributed by atoms with Crippen LogP contribution in [0.1, 0.15) is 12.5 Å². The predicted octanol–water partition coefficient (Wildman–Crippen LogP) is 3.25. The minimum Gasteiger partial charge on any atom is -0.379 e. The zero-order chi connectivity index (χ0) is 15.4. The Morgan fingerprint density at radius 2 is 2.14 bits per heavy atom. The highest BCUT2D eigenvalue weighted by Crippen LogP contribution is 2.27. The molecule has 1 N–H and O–H groups in total. The van der Waals surface area contributed by atoms with Crippen LogP contribution in [-0.2, 0) is 11.3 Å². The third-order valence-corrected chi connectivity index (χ3v) is 3.97.